The summed E-state index contributed by atoms with van der Waals surface area (Å²) in [7, 11) is 0. The fourth-order valence-electron chi connectivity index (χ4n) is 3.45. The number of ether oxygens (including phenoxy) is 1. The van der Waals surface area contributed by atoms with Gasteiger partial charge in [-0.05, 0) is 55.7 Å². The normalized spacial score (nSPS) is 28.6. The second kappa shape index (κ2) is 4.87. The maximum absolute atomic E-state index is 12.4. The van der Waals surface area contributed by atoms with Gasteiger partial charge in [0, 0.05) is 4.47 Å². The van der Waals surface area contributed by atoms with Crippen LogP contribution in [0.1, 0.15) is 62.7 Å². The zero-order valence-corrected chi connectivity index (χ0v) is 13.8. The number of halogens is 1. The summed E-state index contributed by atoms with van der Waals surface area (Å²) >= 11 is 3.46. The Morgan fingerprint density at radius 2 is 1.95 bits per heavy atom. The van der Waals surface area contributed by atoms with Gasteiger partial charge in [-0.25, -0.2) is 0 Å². The summed E-state index contributed by atoms with van der Waals surface area (Å²) < 4.78 is 7.30. The molecular formula is C17H21BrO2. The molecule has 0 amide bonds. The highest BCUT2D eigenvalue weighted by Crippen LogP contribution is 2.45. The molecule has 1 saturated carbocycles. The Morgan fingerprint density at radius 3 is 2.75 bits per heavy atom. The van der Waals surface area contributed by atoms with Crippen molar-refractivity contribution in [3.05, 3.63) is 28.2 Å². The zero-order valence-electron chi connectivity index (χ0n) is 12.2. The smallest absolute Gasteiger partial charge is 0.170 e. The molecule has 1 aromatic carbocycles. The standard InChI is InChI=1S/C17H21BrO2/c1-16(2)6-3-7-17(9-8-16)11-14(19)13-5-4-12(18)10-15(13)20-17/h4-5,10H,3,6-9,11H2,1-2H3. The van der Waals surface area contributed by atoms with Crippen molar-refractivity contribution in [2.24, 2.45) is 5.41 Å². The fourth-order valence-corrected chi connectivity index (χ4v) is 3.79. The van der Waals surface area contributed by atoms with E-state index in [0.29, 0.717) is 11.8 Å². The number of Topliss-reactive ketones (excluding diaryl/α,β-unsaturated/α-hetero) is 1. The van der Waals surface area contributed by atoms with Gasteiger partial charge >= 0.3 is 0 Å². The fraction of sp³-hybridized carbons (Fsp3) is 0.588. The molecule has 0 bridgehead atoms. The minimum Gasteiger partial charge on any atom is -0.486 e. The predicted octanol–water partition coefficient (Wildman–Crippen LogP) is 5.14. The molecule has 0 saturated heterocycles. The van der Waals surface area contributed by atoms with Gasteiger partial charge in [0.15, 0.2) is 5.78 Å². The molecular weight excluding hydrogens is 316 g/mol. The Kier molecular flexibility index (Phi) is 3.44. The van der Waals surface area contributed by atoms with Crippen molar-refractivity contribution in [1.82, 2.24) is 0 Å². The topological polar surface area (TPSA) is 26.3 Å². The molecule has 1 spiro atoms. The van der Waals surface area contributed by atoms with Crippen LogP contribution in [0.25, 0.3) is 0 Å². The van der Waals surface area contributed by atoms with Crippen LogP contribution in [-0.4, -0.2) is 11.4 Å². The largest absolute Gasteiger partial charge is 0.486 e. The number of rotatable bonds is 0. The maximum Gasteiger partial charge on any atom is 0.170 e. The van der Waals surface area contributed by atoms with E-state index >= 15 is 0 Å². The van der Waals surface area contributed by atoms with Gasteiger partial charge in [-0.3, -0.25) is 4.79 Å². The molecule has 0 N–H and O–H groups in total. The van der Waals surface area contributed by atoms with Crippen molar-refractivity contribution < 1.29 is 9.53 Å². The third-order valence-electron chi connectivity index (χ3n) is 4.80. The number of hydrogen-bond donors (Lipinski definition) is 0. The summed E-state index contributed by atoms with van der Waals surface area (Å²) in [6.07, 6.45) is 6.01. The van der Waals surface area contributed by atoms with E-state index in [1.54, 1.807) is 0 Å². The summed E-state index contributed by atoms with van der Waals surface area (Å²) in [5.41, 5.74) is 0.842. The lowest BCUT2D eigenvalue weighted by atomic mass is 9.81. The molecule has 20 heavy (non-hydrogen) atoms. The van der Waals surface area contributed by atoms with Crippen LogP contribution >= 0.6 is 15.9 Å². The lowest BCUT2D eigenvalue weighted by molar-refractivity contribution is 0.0277. The average molecular weight is 337 g/mol. The van der Waals surface area contributed by atoms with Crippen LogP contribution in [-0.2, 0) is 0 Å². The van der Waals surface area contributed by atoms with Crippen LogP contribution in [0.5, 0.6) is 5.75 Å². The third-order valence-corrected chi connectivity index (χ3v) is 5.29. The summed E-state index contributed by atoms with van der Waals surface area (Å²) in [6.45, 7) is 4.64. The van der Waals surface area contributed by atoms with Gasteiger partial charge in [0.25, 0.3) is 0 Å². The Bertz CT molecular complexity index is 550. The molecule has 3 rings (SSSR count). The molecule has 1 aromatic rings. The molecule has 1 aliphatic heterocycles. The molecule has 0 radical (unpaired) electrons. The molecule has 108 valence electrons. The van der Waals surface area contributed by atoms with Gasteiger partial charge < -0.3 is 4.74 Å². The Hall–Kier alpha value is -0.830. The number of carbonyl (C=O) groups is 1. The van der Waals surface area contributed by atoms with E-state index in [0.717, 1.165) is 41.5 Å². The summed E-state index contributed by atoms with van der Waals surface area (Å²) in [6, 6.07) is 5.72. The van der Waals surface area contributed by atoms with Crippen molar-refractivity contribution in [2.75, 3.05) is 0 Å². The molecule has 1 unspecified atom stereocenters. The molecule has 1 aliphatic carbocycles. The summed E-state index contributed by atoms with van der Waals surface area (Å²) in [5.74, 6) is 0.994. The van der Waals surface area contributed by atoms with E-state index in [1.165, 1.54) is 6.42 Å². The lowest BCUT2D eigenvalue weighted by Crippen LogP contribution is -2.41. The second-order valence-corrected chi connectivity index (χ2v) is 7.96. The van der Waals surface area contributed by atoms with Gasteiger partial charge in [0.2, 0.25) is 0 Å². The first-order chi connectivity index (χ1) is 9.39. The first-order valence-electron chi connectivity index (χ1n) is 7.41. The van der Waals surface area contributed by atoms with Gasteiger partial charge in [0.1, 0.15) is 11.4 Å². The molecule has 2 aliphatic rings. The van der Waals surface area contributed by atoms with Gasteiger partial charge in [-0.2, -0.15) is 0 Å². The van der Waals surface area contributed by atoms with Crippen molar-refractivity contribution in [3.8, 4) is 5.75 Å². The zero-order chi connectivity index (χ0) is 14.4. The minimum atomic E-state index is -0.265. The van der Waals surface area contributed by atoms with E-state index in [1.807, 2.05) is 18.2 Å². The number of hydrogen-bond acceptors (Lipinski definition) is 2. The Labute approximate surface area is 129 Å². The van der Waals surface area contributed by atoms with Crippen molar-refractivity contribution in [3.63, 3.8) is 0 Å². The first-order valence-corrected chi connectivity index (χ1v) is 8.20. The van der Waals surface area contributed by atoms with Gasteiger partial charge in [-0.1, -0.05) is 29.8 Å². The van der Waals surface area contributed by atoms with E-state index in [2.05, 4.69) is 29.8 Å². The van der Waals surface area contributed by atoms with E-state index in [-0.39, 0.29) is 11.4 Å². The quantitative estimate of drug-likeness (QED) is 0.655. The highest BCUT2D eigenvalue weighted by Gasteiger charge is 2.42. The van der Waals surface area contributed by atoms with E-state index < -0.39 is 0 Å². The predicted molar refractivity (Wildman–Crippen MR) is 83.3 cm³/mol. The summed E-state index contributed by atoms with van der Waals surface area (Å²) in [4.78, 5) is 12.4. The number of ketones is 1. The van der Waals surface area contributed by atoms with E-state index in [9.17, 15) is 4.79 Å². The number of benzene rings is 1. The minimum absolute atomic E-state index is 0.235. The molecule has 2 nitrogen and oxygen atoms in total. The lowest BCUT2D eigenvalue weighted by Gasteiger charge is -2.38. The molecule has 1 atom stereocenters. The molecule has 1 heterocycles. The van der Waals surface area contributed by atoms with Gasteiger partial charge in [0.05, 0.1) is 12.0 Å². The van der Waals surface area contributed by atoms with Crippen LogP contribution in [0.3, 0.4) is 0 Å². The molecule has 1 fully saturated rings. The number of carbonyl (C=O) groups excluding carboxylic acids is 1. The average Bonchev–Trinajstić information content (AvgIpc) is 2.49. The highest BCUT2D eigenvalue weighted by molar-refractivity contribution is 9.10. The maximum atomic E-state index is 12.4. The Morgan fingerprint density at radius 1 is 1.15 bits per heavy atom. The molecule has 0 aromatic heterocycles. The van der Waals surface area contributed by atoms with Gasteiger partial charge in [-0.15, -0.1) is 0 Å². The first kappa shape index (κ1) is 14.1. The van der Waals surface area contributed by atoms with Crippen LogP contribution in [0.15, 0.2) is 22.7 Å². The SMILES string of the molecule is CC1(C)CCCC2(CC1)CC(=O)c1ccc(Br)cc1O2. The summed E-state index contributed by atoms with van der Waals surface area (Å²) in [5, 5.41) is 0. The third kappa shape index (κ3) is 2.65. The van der Waals surface area contributed by atoms with Crippen molar-refractivity contribution in [2.45, 2.75) is 58.0 Å². The Balaban J connectivity index is 1.92. The van der Waals surface area contributed by atoms with Crippen LogP contribution < -0.4 is 4.74 Å². The monoisotopic (exact) mass is 336 g/mol. The highest BCUT2D eigenvalue weighted by atomic mass is 79.9. The molecule has 3 heteroatoms. The van der Waals surface area contributed by atoms with Crippen molar-refractivity contribution >= 4 is 21.7 Å². The number of fused-ring (bicyclic) bond motifs is 1. The van der Waals surface area contributed by atoms with E-state index in [4.69, 9.17) is 4.74 Å². The van der Waals surface area contributed by atoms with Crippen molar-refractivity contribution in [1.29, 1.82) is 0 Å². The van der Waals surface area contributed by atoms with Crippen LogP contribution in [0.2, 0.25) is 0 Å². The van der Waals surface area contributed by atoms with Crippen LogP contribution in [0.4, 0.5) is 0 Å². The van der Waals surface area contributed by atoms with Crippen LogP contribution in [0, 0.1) is 5.41 Å². The second-order valence-electron chi connectivity index (χ2n) is 7.04.